The number of hydrogen-bond donors (Lipinski definition) is 1. The average molecular weight is 519 g/mol. The van der Waals surface area contributed by atoms with Gasteiger partial charge in [0.25, 0.3) is 11.8 Å². The van der Waals surface area contributed by atoms with Crippen LogP contribution in [0.25, 0.3) is 0 Å². The number of benzene rings is 3. The number of hydrogen-bond acceptors (Lipinski definition) is 4. The molecule has 1 fully saturated rings. The summed E-state index contributed by atoms with van der Waals surface area (Å²) in [6.45, 7) is 2.28. The molecular weight excluding hydrogens is 496 g/mol. The van der Waals surface area contributed by atoms with E-state index in [4.69, 9.17) is 9.47 Å². The van der Waals surface area contributed by atoms with Crippen LogP contribution in [0.5, 0.6) is 11.5 Å². The van der Waals surface area contributed by atoms with Gasteiger partial charge < -0.3 is 19.7 Å². The topological polar surface area (TPSA) is 67.9 Å². The van der Waals surface area contributed by atoms with Gasteiger partial charge in [-0.25, -0.2) is 0 Å². The van der Waals surface area contributed by atoms with Gasteiger partial charge in [0.2, 0.25) is 0 Å². The van der Waals surface area contributed by atoms with Crippen molar-refractivity contribution in [1.29, 1.82) is 0 Å². The van der Waals surface area contributed by atoms with Gasteiger partial charge in [-0.3, -0.25) is 9.59 Å². The third-order valence-corrected chi connectivity index (χ3v) is 7.98. The average Bonchev–Trinajstić information content (AvgIpc) is 3.10. The minimum absolute atomic E-state index is 0.100. The molecule has 34 heavy (non-hydrogen) atoms. The highest BCUT2D eigenvalue weighted by atomic mass is 79.9. The Labute approximate surface area is 206 Å². The second kappa shape index (κ2) is 7.60. The first kappa shape index (κ1) is 21.2. The standard InChI is InChI=1S/C27H23BrN2O4/c1-27-23(15-6-4-3-5-7-15)20-14-34-22-13-17(33-2)9-10-18(22)24(20)30(27)25(31)19-12-16(28)8-11-21(19)29-26(27)32/h3-13,20,23-24H,14H2,1-2H3,(H,29,32)/t20-,23+,24+,27-/m1/s1. The molecule has 0 saturated carbocycles. The van der Waals surface area contributed by atoms with Gasteiger partial charge in [-0.1, -0.05) is 46.3 Å². The molecule has 0 radical (unpaired) electrons. The van der Waals surface area contributed by atoms with Gasteiger partial charge >= 0.3 is 0 Å². The second-order valence-electron chi connectivity index (χ2n) is 9.18. The molecule has 172 valence electrons. The number of fused-ring (bicyclic) bond motifs is 6. The molecule has 0 spiro atoms. The maximum atomic E-state index is 14.2. The van der Waals surface area contributed by atoms with E-state index in [0.29, 0.717) is 29.4 Å². The predicted octanol–water partition coefficient (Wildman–Crippen LogP) is 5.16. The minimum Gasteiger partial charge on any atom is -0.497 e. The molecule has 3 aromatic rings. The number of carbonyl (C=O) groups is 2. The highest BCUT2D eigenvalue weighted by molar-refractivity contribution is 9.10. The molecule has 0 aromatic heterocycles. The van der Waals surface area contributed by atoms with Gasteiger partial charge in [0.1, 0.15) is 17.0 Å². The summed E-state index contributed by atoms with van der Waals surface area (Å²) in [5.74, 6) is 0.650. The second-order valence-corrected chi connectivity index (χ2v) is 10.1. The van der Waals surface area contributed by atoms with Crippen LogP contribution >= 0.6 is 15.9 Å². The molecule has 0 aliphatic carbocycles. The van der Waals surface area contributed by atoms with Gasteiger partial charge in [-0.05, 0) is 42.8 Å². The van der Waals surface area contributed by atoms with Crippen LogP contribution in [-0.4, -0.2) is 36.0 Å². The quantitative estimate of drug-likeness (QED) is 0.508. The van der Waals surface area contributed by atoms with Crippen molar-refractivity contribution in [3.63, 3.8) is 0 Å². The van der Waals surface area contributed by atoms with Crippen LogP contribution in [0.2, 0.25) is 0 Å². The van der Waals surface area contributed by atoms with E-state index in [-0.39, 0.29) is 29.7 Å². The van der Waals surface area contributed by atoms with E-state index < -0.39 is 5.54 Å². The lowest BCUT2D eigenvalue weighted by Crippen LogP contribution is -2.54. The smallest absolute Gasteiger partial charge is 0.257 e. The number of halogens is 1. The van der Waals surface area contributed by atoms with E-state index in [2.05, 4.69) is 21.2 Å². The van der Waals surface area contributed by atoms with Crippen molar-refractivity contribution in [3.8, 4) is 11.5 Å². The summed E-state index contributed by atoms with van der Waals surface area (Å²) in [5.41, 5.74) is 1.78. The molecule has 2 amide bonds. The van der Waals surface area contributed by atoms with Gasteiger partial charge in [0, 0.05) is 27.9 Å². The summed E-state index contributed by atoms with van der Waals surface area (Å²) in [6.07, 6.45) is 0. The molecule has 3 aliphatic rings. The summed E-state index contributed by atoms with van der Waals surface area (Å²) in [6, 6.07) is 20.7. The molecule has 0 bridgehead atoms. The third kappa shape index (κ3) is 2.86. The van der Waals surface area contributed by atoms with Gasteiger partial charge in [0.15, 0.2) is 0 Å². The number of ether oxygens (including phenoxy) is 2. The number of nitrogens with zero attached hydrogens (tertiary/aromatic N) is 1. The van der Waals surface area contributed by atoms with Crippen LogP contribution in [-0.2, 0) is 4.79 Å². The van der Waals surface area contributed by atoms with Crippen LogP contribution in [0.3, 0.4) is 0 Å². The fourth-order valence-electron chi connectivity index (χ4n) is 5.98. The monoisotopic (exact) mass is 518 g/mol. The number of amides is 2. The first-order valence-electron chi connectivity index (χ1n) is 11.2. The lowest BCUT2D eigenvalue weighted by Gasteiger charge is -2.38. The van der Waals surface area contributed by atoms with Crippen LogP contribution in [0, 0.1) is 5.92 Å². The molecule has 7 heteroatoms. The molecule has 1 N–H and O–H groups in total. The van der Waals surface area contributed by atoms with E-state index in [1.165, 1.54) is 0 Å². The fraction of sp³-hybridized carbons (Fsp3) is 0.259. The van der Waals surface area contributed by atoms with Crippen LogP contribution < -0.4 is 14.8 Å². The number of methoxy groups -OCH3 is 1. The van der Waals surface area contributed by atoms with Crippen molar-refractivity contribution < 1.29 is 19.1 Å². The summed E-state index contributed by atoms with van der Waals surface area (Å²) < 4.78 is 12.4. The highest BCUT2D eigenvalue weighted by Gasteiger charge is 2.65. The zero-order chi connectivity index (χ0) is 23.6. The highest BCUT2D eigenvalue weighted by Crippen LogP contribution is 2.60. The van der Waals surface area contributed by atoms with Gasteiger partial charge in [-0.15, -0.1) is 0 Å². The lowest BCUT2D eigenvalue weighted by atomic mass is 9.73. The maximum Gasteiger partial charge on any atom is 0.257 e. The van der Waals surface area contributed by atoms with Crippen molar-refractivity contribution in [1.82, 2.24) is 4.90 Å². The first-order chi connectivity index (χ1) is 16.4. The Bertz CT molecular complexity index is 1330. The van der Waals surface area contributed by atoms with Crippen molar-refractivity contribution in [2.45, 2.75) is 24.4 Å². The maximum absolute atomic E-state index is 14.2. The summed E-state index contributed by atoms with van der Waals surface area (Å²) in [4.78, 5) is 30.0. The van der Waals surface area contributed by atoms with Crippen molar-refractivity contribution in [2.24, 2.45) is 5.92 Å². The first-order valence-corrected chi connectivity index (χ1v) is 12.0. The van der Waals surface area contributed by atoms with Crippen LogP contribution in [0.15, 0.2) is 71.2 Å². The molecule has 6 rings (SSSR count). The Balaban J connectivity index is 1.61. The molecule has 3 heterocycles. The zero-order valence-electron chi connectivity index (χ0n) is 18.7. The Hall–Kier alpha value is -3.32. The number of nitrogens with one attached hydrogen (secondary N) is 1. The Kier molecular flexibility index (Phi) is 4.74. The van der Waals surface area contributed by atoms with Crippen molar-refractivity contribution in [2.75, 3.05) is 19.0 Å². The van der Waals surface area contributed by atoms with E-state index in [0.717, 1.165) is 15.6 Å². The Morgan fingerprint density at radius 2 is 1.88 bits per heavy atom. The molecule has 4 atom stereocenters. The molecular formula is C27H23BrN2O4. The van der Waals surface area contributed by atoms with Gasteiger partial charge in [0.05, 0.1) is 31.0 Å². The van der Waals surface area contributed by atoms with E-state index >= 15 is 0 Å². The molecule has 3 aliphatic heterocycles. The van der Waals surface area contributed by atoms with E-state index in [1.807, 2.05) is 61.5 Å². The lowest BCUT2D eigenvalue weighted by molar-refractivity contribution is -0.125. The molecule has 1 saturated heterocycles. The van der Waals surface area contributed by atoms with Crippen LogP contribution in [0.1, 0.15) is 40.4 Å². The SMILES string of the molecule is COc1ccc2c(c1)OC[C@H]1[C@H]2N2C(=O)c3cc(Br)ccc3NC(=O)[C@@]2(C)[C@H]1c1ccccc1. The zero-order valence-corrected chi connectivity index (χ0v) is 20.3. The summed E-state index contributed by atoms with van der Waals surface area (Å²) in [7, 11) is 1.61. The summed E-state index contributed by atoms with van der Waals surface area (Å²) in [5, 5.41) is 3.06. The minimum atomic E-state index is -1.12. The van der Waals surface area contributed by atoms with E-state index in [1.54, 1.807) is 24.1 Å². The molecule has 0 unspecified atom stereocenters. The summed E-state index contributed by atoms with van der Waals surface area (Å²) >= 11 is 3.49. The molecule has 3 aromatic carbocycles. The fourth-order valence-corrected chi connectivity index (χ4v) is 6.35. The normalized spacial score (nSPS) is 26.9. The van der Waals surface area contributed by atoms with Crippen molar-refractivity contribution >= 4 is 33.4 Å². The predicted molar refractivity (Wildman–Crippen MR) is 131 cm³/mol. The third-order valence-electron chi connectivity index (χ3n) is 7.49. The van der Waals surface area contributed by atoms with Crippen LogP contribution in [0.4, 0.5) is 5.69 Å². The Morgan fingerprint density at radius 1 is 1.09 bits per heavy atom. The van der Waals surface area contributed by atoms with Gasteiger partial charge in [-0.2, -0.15) is 0 Å². The number of rotatable bonds is 2. The van der Waals surface area contributed by atoms with Crippen molar-refractivity contribution in [3.05, 3.63) is 87.9 Å². The number of carbonyl (C=O) groups excluding carboxylic acids is 2. The molecule has 6 nitrogen and oxygen atoms in total. The number of anilines is 1. The largest absolute Gasteiger partial charge is 0.497 e. The Morgan fingerprint density at radius 3 is 2.65 bits per heavy atom. The van der Waals surface area contributed by atoms with E-state index in [9.17, 15) is 9.59 Å².